The van der Waals surface area contributed by atoms with Crippen molar-refractivity contribution in [2.75, 3.05) is 0 Å². The standard InChI is InChI=1S/C12H23I/c1-4-7-9-11(6-3)12(13)10-8-5-2/h6,11-12H,3-5,7-10H2,1-2H3. The smallest absolute Gasteiger partial charge is 0.0172 e. The van der Waals surface area contributed by atoms with E-state index >= 15 is 0 Å². The lowest BCUT2D eigenvalue weighted by atomic mass is 9.96. The molecule has 1 heteroatoms. The molecule has 0 amide bonds. The summed E-state index contributed by atoms with van der Waals surface area (Å²) in [6.45, 7) is 8.46. The lowest BCUT2D eigenvalue weighted by molar-refractivity contribution is 0.515. The Morgan fingerprint density at radius 2 is 1.69 bits per heavy atom. The zero-order valence-corrected chi connectivity index (χ0v) is 11.2. The van der Waals surface area contributed by atoms with Crippen LogP contribution >= 0.6 is 22.6 Å². The molecular weight excluding hydrogens is 271 g/mol. The highest BCUT2D eigenvalue weighted by molar-refractivity contribution is 14.1. The van der Waals surface area contributed by atoms with Gasteiger partial charge >= 0.3 is 0 Å². The van der Waals surface area contributed by atoms with E-state index in [0.29, 0.717) is 0 Å². The summed E-state index contributed by atoms with van der Waals surface area (Å²) in [5.41, 5.74) is 0. The summed E-state index contributed by atoms with van der Waals surface area (Å²) in [5.74, 6) is 0.743. The highest BCUT2D eigenvalue weighted by atomic mass is 127. The molecule has 2 unspecified atom stereocenters. The number of allylic oxidation sites excluding steroid dienone is 1. The fourth-order valence-corrected chi connectivity index (χ4v) is 2.59. The van der Waals surface area contributed by atoms with Gasteiger partial charge in [-0.05, 0) is 18.8 Å². The first-order valence-corrected chi connectivity index (χ1v) is 6.77. The minimum atomic E-state index is 0.743. The van der Waals surface area contributed by atoms with Crippen LogP contribution in [-0.4, -0.2) is 3.92 Å². The topological polar surface area (TPSA) is 0 Å². The fraction of sp³-hybridized carbons (Fsp3) is 0.833. The average Bonchev–Trinajstić information content (AvgIpc) is 2.16. The molecule has 0 aromatic rings. The number of alkyl halides is 1. The first-order valence-electron chi connectivity index (χ1n) is 5.52. The zero-order valence-electron chi connectivity index (χ0n) is 9.06. The van der Waals surface area contributed by atoms with Crippen molar-refractivity contribution < 1.29 is 0 Å². The second-order valence-electron chi connectivity index (χ2n) is 3.70. The third-order valence-electron chi connectivity index (χ3n) is 2.49. The van der Waals surface area contributed by atoms with Crippen LogP contribution in [0.5, 0.6) is 0 Å². The van der Waals surface area contributed by atoms with Gasteiger partial charge in [0.25, 0.3) is 0 Å². The molecule has 0 fully saturated rings. The summed E-state index contributed by atoms with van der Waals surface area (Å²) in [6.07, 6.45) is 10.2. The Balaban J connectivity index is 3.70. The first kappa shape index (κ1) is 13.5. The normalized spacial score (nSPS) is 15.3. The van der Waals surface area contributed by atoms with Crippen molar-refractivity contribution in [3.05, 3.63) is 12.7 Å². The highest BCUT2D eigenvalue weighted by Crippen LogP contribution is 2.25. The molecule has 0 spiro atoms. The van der Waals surface area contributed by atoms with Crippen molar-refractivity contribution in [2.45, 2.75) is 56.3 Å². The first-order chi connectivity index (χ1) is 6.26. The molecule has 0 bridgehead atoms. The van der Waals surface area contributed by atoms with E-state index in [4.69, 9.17) is 0 Å². The molecule has 0 nitrogen and oxygen atoms in total. The summed E-state index contributed by atoms with van der Waals surface area (Å²) in [4.78, 5) is 0. The van der Waals surface area contributed by atoms with E-state index in [2.05, 4.69) is 49.1 Å². The molecule has 0 N–H and O–H groups in total. The van der Waals surface area contributed by atoms with Crippen LogP contribution in [0, 0.1) is 5.92 Å². The Hall–Kier alpha value is 0.470. The number of hydrogen-bond acceptors (Lipinski definition) is 0. The molecule has 0 radical (unpaired) electrons. The summed E-state index contributed by atoms with van der Waals surface area (Å²) < 4.78 is 0.807. The van der Waals surface area contributed by atoms with Crippen molar-refractivity contribution in [2.24, 2.45) is 5.92 Å². The van der Waals surface area contributed by atoms with E-state index in [1.54, 1.807) is 0 Å². The molecule has 0 saturated heterocycles. The van der Waals surface area contributed by atoms with E-state index in [-0.39, 0.29) is 0 Å². The third kappa shape index (κ3) is 6.53. The maximum absolute atomic E-state index is 3.94. The van der Waals surface area contributed by atoms with Crippen LogP contribution in [0.3, 0.4) is 0 Å². The summed E-state index contributed by atoms with van der Waals surface area (Å²) in [6, 6.07) is 0. The second-order valence-corrected chi connectivity index (χ2v) is 5.30. The number of hydrogen-bond donors (Lipinski definition) is 0. The van der Waals surface area contributed by atoms with Crippen LogP contribution in [0.15, 0.2) is 12.7 Å². The van der Waals surface area contributed by atoms with Crippen LogP contribution in [-0.2, 0) is 0 Å². The lowest BCUT2D eigenvalue weighted by Gasteiger charge is -2.18. The molecule has 2 atom stereocenters. The number of unbranched alkanes of at least 4 members (excludes halogenated alkanes) is 2. The van der Waals surface area contributed by atoms with Gasteiger partial charge in [0.15, 0.2) is 0 Å². The Morgan fingerprint density at radius 1 is 1.15 bits per heavy atom. The predicted molar refractivity (Wildman–Crippen MR) is 70.5 cm³/mol. The van der Waals surface area contributed by atoms with Gasteiger partial charge in [-0.3, -0.25) is 0 Å². The molecule has 0 aliphatic rings. The van der Waals surface area contributed by atoms with E-state index in [0.717, 1.165) is 9.84 Å². The largest absolute Gasteiger partial charge is 0.103 e. The fourth-order valence-electron chi connectivity index (χ4n) is 1.50. The van der Waals surface area contributed by atoms with Gasteiger partial charge < -0.3 is 0 Å². The number of halogens is 1. The van der Waals surface area contributed by atoms with Crippen LogP contribution in [0.2, 0.25) is 0 Å². The molecule has 0 aromatic carbocycles. The van der Waals surface area contributed by atoms with Gasteiger partial charge in [0.05, 0.1) is 0 Å². The van der Waals surface area contributed by atoms with E-state index in [9.17, 15) is 0 Å². The quantitative estimate of drug-likeness (QED) is 0.337. The van der Waals surface area contributed by atoms with Gasteiger partial charge in [0.1, 0.15) is 0 Å². The summed E-state index contributed by atoms with van der Waals surface area (Å²) in [5, 5.41) is 0. The molecule has 0 aliphatic carbocycles. The molecule has 0 rings (SSSR count). The lowest BCUT2D eigenvalue weighted by Crippen LogP contribution is -2.11. The predicted octanol–water partition coefficient (Wildman–Crippen LogP) is 4.97. The van der Waals surface area contributed by atoms with Crippen LogP contribution in [0.25, 0.3) is 0 Å². The van der Waals surface area contributed by atoms with Gasteiger partial charge in [0.2, 0.25) is 0 Å². The van der Waals surface area contributed by atoms with Crippen LogP contribution in [0.1, 0.15) is 52.4 Å². The molecular formula is C12H23I. The van der Waals surface area contributed by atoms with Crippen molar-refractivity contribution in [1.29, 1.82) is 0 Å². The highest BCUT2D eigenvalue weighted by Gasteiger charge is 2.13. The average molecular weight is 294 g/mol. The maximum Gasteiger partial charge on any atom is 0.0172 e. The van der Waals surface area contributed by atoms with Crippen molar-refractivity contribution in [1.82, 2.24) is 0 Å². The Kier molecular flexibility index (Phi) is 9.37. The number of rotatable bonds is 8. The summed E-state index contributed by atoms with van der Waals surface area (Å²) >= 11 is 2.60. The van der Waals surface area contributed by atoms with E-state index in [1.165, 1.54) is 38.5 Å². The van der Waals surface area contributed by atoms with Crippen LogP contribution in [0.4, 0.5) is 0 Å². The second kappa shape index (κ2) is 9.04. The summed E-state index contributed by atoms with van der Waals surface area (Å²) in [7, 11) is 0. The van der Waals surface area contributed by atoms with Gasteiger partial charge in [-0.1, -0.05) is 68.2 Å². The molecule has 78 valence electrons. The Bertz CT molecular complexity index is 120. The monoisotopic (exact) mass is 294 g/mol. The maximum atomic E-state index is 3.94. The van der Waals surface area contributed by atoms with Gasteiger partial charge in [-0.25, -0.2) is 0 Å². The minimum Gasteiger partial charge on any atom is -0.103 e. The molecule has 0 saturated carbocycles. The van der Waals surface area contributed by atoms with Gasteiger partial charge in [-0.2, -0.15) is 0 Å². The van der Waals surface area contributed by atoms with Gasteiger partial charge in [0, 0.05) is 3.92 Å². The minimum absolute atomic E-state index is 0.743. The molecule has 0 heterocycles. The molecule has 0 aliphatic heterocycles. The van der Waals surface area contributed by atoms with E-state index < -0.39 is 0 Å². The zero-order chi connectivity index (χ0) is 10.1. The third-order valence-corrected chi connectivity index (χ3v) is 4.04. The Labute approximate surface area is 97.3 Å². The van der Waals surface area contributed by atoms with Gasteiger partial charge in [-0.15, -0.1) is 6.58 Å². The van der Waals surface area contributed by atoms with Crippen LogP contribution < -0.4 is 0 Å². The van der Waals surface area contributed by atoms with E-state index in [1.807, 2.05) is 0 Å². The molecule has 13 heavy (non-hydrogen) atoms. The van der Waals surface area contributed by atoms with Crippen molar-refractivity contribution in [3.63, 3.8) is 0 Å². The van der Waals surface area contributed by atoms with Crippen molar-refractivity contribution in [3.8, 4) is 0 Å². The van der Waals surface area contributed by atoms with Crippen molar-refractivity contribution >= 4 is 22.6 Å². The molecule has 0 aromatic heterocycles. The SMILES string of the molecule is C=CC(CCCC)C(I)CCCC. The Morgan fingerprint density at radius 3 is 2.15 bits per heavy atom.